The lowest BCUT2D eigenvalue weighted by molar-refractivity contribution is -0.139. The normalized spacial score (nSPS) is 19.1. The van der Waals surface area contributed by atoms with Crippen molar-refractivity contribution >= 4 is 11.9 Å². The minimum atomic E-state index is -0.766. The standard InChI is InChI=1S/C19H26N2O3/c1-14(11-19(23)24)20-7-9-21(10-8-20)18(22)13-15-5-6-16-3-2-4-17(16)12-15/h5-6,12,14H,2-4,7-11,13H2,1H3,(H,23,24). The van der Waals surface area contributed by atoms with Gasteiger partial charge in [0.05, 0.1) is 12.8 Å². The Bertz CT molecular complexity index is 621. The molecule has 1 amide bonds. The maximum Gasteiger partial charge on any atom is 0.304 e. The Morgan fingerprint density at radius 2 is 1.83 bits per heavy atom. The monoisotopic (exact) mass is 330 g/mol. The summed E-state index contributed by atoms with van der Waals surface area (Å²) in [7, 11) is 0. The zero-order valence-corrected chi connectivity index (χ0v) is 14.3. The van der Waals surface area contributed by atoms with Crippen LogP contribution in [-0.2, 0) is 28.9 Å². The molecule has 1 aliphatic carbocycles. The van der Waals surface area contributed by atoms with Gasteiger partial charge in [0, 0.05) is 32.2 Å². The van der Waals surface area contributed by atoms with Gasteiger partial charge in [0.15, 0.2) is 0 Å². The van der Waals surface area contributed by atoms with Crippen molar-refractivity contribution in [1.29, 1.82) is 0 Å². The van der Waals surface area contributed by atoms with Crippen LogP contribution in [0.4, 0.5) is 0 Å². The Labute approximate surface area is 143 Å². The lowest BCUT2D eigenvalue weighted by atomic mass is 10.0. The largest absolute Gasteiger partial charge is 0.481 e. The number of amides is 1. The zero-order valence-electron chi connectivity index (χ0n) is 14.3. The molecule has 5 nitrogen and oxygen atoms in total. The Hall–Kier alpha value is -1.88. The van der Waals surface area contributed by atoms with Crippen molar-refractivity contribution in [3.8, 4) is 0 Å². The molecule has 0 saturated carbocycles. The van der Waals surface area contributed by atoms with E-state index in [2.05, 4.69) is 23.1 Å². The Morgan fingerprint density at radius 3 is 2.54 bits per heavy atom. The van der Waals surface area contributed by atoms with E-state index in [4.69, 9.17) is 5.11 Å². The van der Waals surface area contributed by atoms with Crippen LogP contribution in [0.15, 0.2) is 18.2 Å². The Kier molecular flexibility index (Phi) is 5.19. The molecule has 1 heterocycles. The molecule has 3 rings (SSSR count). The third-order valence-corrected chi connectivity index (χ3v) is 5.28. The van der Waals surface area contributed by atoms with E-state index in [0.29, 0.717) is 19.5 Å². The molecule has 0 bridgehead atoms. The quantitative estimate of drug-likeness (QED) is 0.893. The van der Waals surface area contributed by atoms with Crippen LogP contribution < -0.4 is 0 Å². The van der Waals surface area contributed by atoms with Gasteiger partial charge in [0.2, 0.25) is 5.91 Å². The van der Waals surface area contributed by atoms with Crippen LogP contribution in [0.2, 0.25) is 0 Å². The Morgan fingerprint density at radius 1 is 1.12 bits per heavy atom. The zero-order chi connectivity index (χ0) is 17.1. The highest BCUT2D eigenvalue weighted by Gasteiger charge is 2.25. The van der Waals surface area contributed by atoms with E-state index >= 15 is 0 Å². The van der Waals surface area contributed by atoms with E-state index in [0.717, 1.165) is 25.1 Å². The van der Waals surface area contributed by atoms with E-state index in [1.54, 1.807) is 0 Å². The van der Waals surface area contributed by atoms with E-state index in [1.807, 2.05) is 11.8 Å². The molecule has 130 valence electrons. The summed E-state index contributed by atoms with van der Waals surface area (Å²) in [5, 5.41) is 8.89. The van der Waals surface area contributed by atoms with Gasteiger partial charge in [-0.3, -0.25) is 14.5 Å². The molecule has 1 aliphatic heterocycles. The number of aliphatic carboxylic acids is 1. The van der Waals surface area contributed by atoms with Gasteiger partial charge in [-0.2, -0.15) is 0 Å². The van der Waals surface area contributed by atoms with E-state index in [9.17, 15) is 9.59 Å². The maximum absolute atomic E-state index is 12.5. The van der Waals surface area contributed by atoms with Crippen molar-refractivity contribution in [2.45, 2.75) is 45.1 Å². The maximum atomic E-state index is 12.5. The fraction of sp³-hybridized carbons (Fsp3) is 0.579. The van der Waals surface area contributed by atoms with Crippen molar-refractivity contribution in [2.75, 3.05) is 26.2 Å². The first-order valence-corrected chi connectivity index (χ1v) is 8.87. The molecule has 1 aromatic rings. The second kappa shape index (κ2) is 7.34. The highest BCUT2D eigenvalue weighted by atomic mass is 16.4. The number of carbonyl (C=O) groups excluding carboxylic acids is 1. The molecule has 5 heteroatoms. The molecule has 1 N–H and O–H groups in total. The van der Waals surface area contributed by atoms with Gasteiger partial charge in [0.25, 0.3) is 0 Å². The lowest BCUT2D eigenvalue weighted by Crippen LogP contribution is -2.52. The van der Waals surface area contributed by atoms with E-state index in [1.165, 1.54) is 24.0 Å². The first kappa shape index (κ1) is 17.0. The van der Waals surface area contributed by atoms with Crippen LogP contribution in [0.1, 0.15) is 36.5 Å². The van der Waals surface area contributed by atoms with Crippen LogP contribution in [0.3, 0.4) is 0 Å². The summed E-state index contributed by atoms with van der Waals surface area (Å²) in [6.45, 7) is 4.83. The van der Waals surface area contributed by atoms with Crippen molar-refractivity contribution in [2.24, 2.45) is 0 Å². The number of piperazine rings is 1. The summed E-state index contributed by atoms with van der Waals surface area (Å²) < 4.78 is 0. The van der Waals surface area contributed by atoms with Gasteiger partial charge >= 0.3 is 5.97 Å². The third-order valence-electron chi connectivity index (χ3n) is 5.28. The van der Waals surface area contributed by atoms with Crippen molar-refractivity contribution in [3.05, 3.63) is 34.9 Å². The molecule has 1 unspecified atom stereocenters. The van der Waals surface area contributed by atoms with Gasteiger partial charge < -0.3 is 10.0 Å². The molecule has 0 aromatic heterocycles. The van der Waals surface area contributed by atoms with E-state index < -0.39 is 5.97 Å². The van der Waals surface area contributed by atoms with Crippen LogP contribution in [-0.4, -0.2) is 59.0 Å². The highest BCUT2D eigenvalue weighted by Crippen LogP contribution is 2.23. The average molecular weight is 330 g/mol. The summed E-state index contributed by atoms with van der Waals surface area (Å²) in [5.74, 6) is -0.587. The minimum Gasteiger partial charge on any atom is -0.481 e. The lowest BCUT2D eigenvalue weighted by Gasteiger charge is -2.37. The number of aryl methyl sites for hydroxylation is 2. The molecule has 1 fully saturated rings. The van der Waals surface area contributed by atoms with Crippen molar-refractivity contribution in [3.63, 3.8) is 0 Å². The summed E-state index contributed by atoms with van der Waals surface area (Å²) >= 11 is 0. The number of nitrogens with zero attached hydrogens (tertiary/aromatic N) is 2. The highest BCUT2D eigenvalue weighted by molar-refractivity contribution is 5.79. The SMILES string of the molecule is CC(CC(=O)O)N1CCN(C(=O)Cc2ccc3c(c2)CCC3)CC1. The number of carboxylic acids is 1. The van der Waals surface area contributed by atoms with Gasteiger partial charge in [-0.25, -0.2) is 0 Å². The molecule has 0 spiro atoms. The average Bonchev–Trinajstić information content (AvgIpc) is 3.02. The summed E-state index contributed by atoms with van der Waals surface area (Å²) in [5.41, 5.74) is 3.96. The molecule has 24 heavy (non-hydrogen) atoms. The van der Waals surface area contributed by atoms with Crippen molar-refractivity contribution in [1.82, 2.24) is 9.80 Å². The number of rotatable bonds is 5. The number of benzene rings is 1. The predicted octanol–water partition coefficient (Wildman–Crippen LogP) is 1.73. The molecule has 0 radical (unpaired) electrons. The fourth-order valence-corrected chi connectivity index (χ4v) is 3.82. The first-order chi connectivity index (χ1) is 11.5. The molecular formula is C19H26N2O3. The van der Waals surface area contributed by atoms with Crippen LogP contribution >= 0.6 is 0 Å². The molecular weight excluding hydrogens is 304 g/mol. The number of carbonyl (C=O) groups is 2. The van der Waals surface area contributed by atoms with Gasteiger partial charge in [0.1, 0.15) is 0 Å². The number of hydrogen-bond acceptors (Lipinski definition) is 3. The van der Waals surface area contributed by atoms with Crippen LogP contribution in [0.5, 0.6) is 0 Å². The Balaban J connectivity index is 1.51. The third kappa shape index (κ3) is 3.96. The first-order valence-electron chi connectivity index (χ1n) is 8.87. The van der Waals surface area contributed by atoms with Gasteiger partial charge in [-0.1, -0.05) is 18.2 Å². The summed E-state index contributed by atoms with van der Waals surface area (Å²) in [6.07, 6.45) is 4.15. The topological polar surface area (TPSA) is 60.9 Å². The van der Waals surface area contributed by atoms with Crippen molar-refractivity contribution < 1.29 is 14.7 Å². The molecule has 1 aromatic carbocycles. The smallest absolute Gasteiger partial charge is 0.304 e. The summed E-state index contributed by atoms with van der Waals surface area (Å²) in [4.78, 5) is 27.4. The van der Waals surface area contributed by atoms with E-state index in [-0.39, 0.29) is 18.4 Å². The molecule has 2 aliphatic rings. The van der Waals surface area contributed by atoms with Crippen LogP contribution in [0.25, 0.3) is 0 Å². The predicted molar refractivity (Wildman–Crippen MR) is 92.0 cm³/mol. The minimum absolute atomic E-state index is 0.0245. The molecule has 1 atom stereocenters. The van der Waals surface area contributed by atoms with Gasteiger partial charge in [-0.05, 0) is 42.9 Å². The number of fused-ring (bicyclic) bond motifs is 1. The second-order valence-electron chi connectivity index (χ2n) is 7.00. The molecule has 1 saturated heterocycles. The van der Waals surface area contributed by atoms with Gasteiger partial charge in [-0.15, -0.1) is 0 Å². The van der Waals surface area contributed by atoms with Crippen LogP contribution in [0, 0.1) is 0 Å². The fourth-order valence-electron chi connectivity index (χ4n) is 3.82. The number of hydrogen-bond donors (Lipinski definition) is 1. The number of carboxylic acid groups (broad SMARTS) is 1. The summed E-state index contributed by atoms with van der Waals surface area (Å²) in [6, 6.07) is 6.49. The second-order valence-corrected chi connectivity index (χ2v) is 7.00.